The van der Waals surface area contributed by atoms with Crippen LogP contribution in [0.25, 0.3) is 0 Å². The van der Waals surface area contributed by atoms with Crippen LogP contribution in [0.5, 0.6) is 11.5 Å². The predicted molar refractivity (Wildman–Crippen MR) is 117 cm³/mol. The predicted octanol–water partition coefficient (Wildman–Crippen LogP) is 5.02. The summed E-state index contributed by atoms with van der Waals surface area (Å²) in [6, 6.07) is 15.0. The summed E-state index contributed by atoms with van der Waals surface area (Å²) in [6.45, 7) is 3.31. The van der Waals surface area contributed by atoms with Crippen molar-refractivity contribution in [1.29, 1.82) is 0 Å². The third-order valence-corrected chi connectivity index (χ3v) is 6.50. The Morgan fingerprint density at radius 2 is 2.03 bits per heavy atom. The van der Waals surface area contributed by atoms with Crippen molar-refractivity contribution in [3.8, 4) is 11.5 Å². The van der Waals surface area contributed by atoms with E-state index in [-0.39, 0.29) is 18.6 Å². The Kier molecular flexibility index (Phi) is 6.29. The lowest BCUT2D eigenvalue weighted by molar-refractivity contribution is 0.207. The number of rotatable bonds is 8. The van der Waals surface area contributed by atoms with Crippen LogP contribution >= 0.6 is 0 Å². The number of hydrogen-bond acceptors (Lipinski definition) is 4. The number of hydrogen-bond donors (Lipinski definition) is 2. The highest BCUT2D eigenvalue weighted by Crippen LogP contribution is 2.49. The van der Waals surface area contributed by atoms with Crippen LogP contribution in [0, 0.1) is 0 Å². The second-order valence-corrected chi connectivity index (χ2v) is 8.62. The molecule has 29 heavy (non-hydrogen) atoms. The highest BCUT2D eigenvalue weighted by molar-refractivity contribution is 5.67. The molecule has 0 saturated carbocycles. The number of fused-ring (bicyclic) bond motifs is 3. The maximum atomic E-state index is 10.8. The molecule has 2 N–H and O–H groups in total. The van der Waals surface area contributed by atoms with Crippen molar-refractivity contribution in [3.05, 3.63) is 53.6 Å². The summed E-state index contributed by atoms with van der Waals surface area (Å²) < 4.78 is 6.21. The van der Waals surface area contributed by atoms with Crippen LogP contribution in [0.2, 0.25) is 0 Å². The topological polar surface area (TPSA) is 52.9 Å². The maximum Gasteiger partial charge on any atom is 0.125 e. The lowest BCUT2D eigenvalue weighted by Gasteiger charge is -2.39. The van der Waals surface area contributed by atoms with Gasteiger partial charge in [-0.25, -0.2) is 0 Å². The summed E-state index contributed by atoms with van der Waals surface area (Å²) in [5, 5.41) is 20.3. The van der Waals surface area contributed by atoms with E-state index in [1.54, 1.807) is 6.07 Å². The Bertz CT molecular complexity index is 807. The van der Waals surface area contributed by atoms with Crippen LogP contribution in [-0.2, 0) is 6.42 Å². The summed E-state index contributed by atoms with van der Waals surface area (Å²) >= 11 is 0. The zero-order chi connectivity index (χ0) is 20.2. The molecule has 1 fully saturated rings. The molecular formula is C25H33NO3. The minimum absolute atomic E-state index is 0.0994. The molecule has 2 aromatic rings. The van der Waals surface area contributed by atoms with Crippen LogP contribution < -0.4 is 9.64 Å². The van der Waals surface area contributed by atoms with Crippen molar-refractivity contribution in [2.24, 2.45) is 0 Å². The Hall–Kier alpha value is -2.20. The monoisotopic (exact) mass is 395 g/mol. The number of aliphatic hydroxyl groups is 1. The summed E-state index contributed by atoms with van der Waals surface area (Å²) in [7, 11) is 0. The van der Waals surface area contributed by atoms with Crippen molar-refractivity contribution >= 4 is 5.69 Å². The number of phenols is 1. The van der Waals surface area contributed by atoms with E-state index < -0.39 is 0 Å². The van der Waals surface area contributed by atoms with Gasteiger partial charge in [0.1, 0.15) is 11.5 Å². The first kappa shape index (κ1) is 20.1. The normalized spacial score (nSPS) is 21.5. The van der Waals surface area contributed by atoms with Gasteiger partial charge in [0.25, 0.3) is 0 Å². The van der Waals surface area contributed by atoms with Gasteiger partial charge in [-0.05, 0) is 63.4 Å². The second-order valence-electron chi connectivity index (χ2n) is 8.62. The number of ether oxygens (including phenoxy) is 1. The number of phenolic OH excluding ortho intramolecular Hbond substituents is 1. The number of aliphatic hydroxyl groups excluding tert-OH is 1. The fraction of sp³-hybridized carbons (Fsp3) is 0.520. The van der Waals surface area contributed by atoms with E-state index in [9.17, 15) is 10.2 Å². The quantitative estimate of drug-likeness (QED) is 0.659. The summed E-state index contributed by atoms with van der Waals surface area (Å²) in [4.78, 5) is 2.44. The Balaban J connectivity index is 1.44. The SMILES string of the molecule is C[C@@H](CCCc1ccccc1)Oc1cc(O)c2c(c1)N1CCC[C@H]1C[C@@H]2CCO. The first-order valence-electron chi connectivity index (χ1n) is 11.1. The summed E-state index contributed by atoms with van der Waals surface area (Å²) in [5.74, 6) is 1.30. The van der Waals surface area contributed by atoms with Gasteiger partial charge in [-0.15, -0.1) is 0 Å². The molecule has 1 saturated heterocycles. The van der Waals surface area contributed by atoms with Crippen molar-refractivity contribution in [3.63, 3.8) is 0 Å². The fourth-order valence-electron chi connectivity index (χ4n) is 5.11. The molecular weight excluding hydrogens is 362 g/mol. The first-order valence-corrected chi connectivity index (χ1v) is 11.1. The second kappa shape index (κ2) is 9.08. The lowest BCUT2D eigenvalue weighted by Crippen LogP contribution is -2.36. The zero-order valence-corrected chi connectivity index (χ0v) is 17.4. The Morgan fingerprint density at radius 1 is 1.21 bits per heavy atom. The number of anilines is 1. The van der Waals surface area contributed by atoms with E-state index in [1.807, 2.05) is 6.07 Å². The standard InChI is InChI=1S/C25H33NO3/c1-18(7-5-10-19-8-3-2-4-9-19)29-22-16-23-25(24(28)17-22)20(12-14-27)15-21-11-6-13-26(21)23/h2-4,8-9,16-18,20-21,27-28H,5-7,10-15H2,1H3/t18-,20-,21-/m0/s1. The first-order chi connectivity index (χ1) is 14.2. The molecule has 0 aromatic heterocycles. The minimum atomic E-state index is 0.0994. The highest BCUT2D eigenvalue weighted by Gasteiger charge is 2.37. The fourth-order valence-corrected chi connectivity index (χ4v) is 5.11. The molecule has 156 valence electrons. The van der Waals surface area contributed by atoms with E-state index in [1.165, 1.54) is 18.4 Å². The lowest BCUT2D eigenvalue weighted by atomic mass is 9.83. The molecule has 2 aliphatic heterocycles. The highest BCUT2D eigenvalue weighted by atomic mass is 16.5. The molecule has 0 aliphatic carbocycles. The Morgan fingerprint density at radius 3 is 2.83 bits per heavy atom. The van der Waals surface area contributed by atoms with E-state index in [2.05, 4.69) is 42.2 Å². The maximum absolute atomic E-state index is 10.8. The van der Waals surface area contributed by atoms with E-state index in [0.717, 1.165) is 49.2 Å². The minimum Gasteiger partial charge on any atom is -0.507 e. The van der Waals surface area contributed by atoms with E-state index in [0.29, 0.717) is 18.2 Å². The van der Waals surface area contributed by atoms with Crippen LogP contribution in [0.3, 0.4) is 0 Å². The van der Waals surface area contributed by atoms with Gasteiger partial charge in [-0.3, -0.25) is 0 Å². The van der Waals surface area contributed by atoms with Crippen LogP contribution in [0.15, 0.2) is 42.5 Å². The zero-order valence-electron chi connectivity index (χ0n) is 17.4. The van der Waals surface area contributed by atoms with Gasteiger partial charge in [0.2, 0.25) is 0 Å². The van der Waals surface area contributed by atoms with Crippen LogP contribution in [-0.4, -0.2) is 35.5 Å². The smallest absolute Gasteiger partial charge is 0.125 e. The number of aromatic hydroxyl groups is 1. The number of aryl methyl sites for hydroxylation is 1. The average Bonchev–Trinajstić information content (AvgIpc) is 3.17. The van der Waals surface area contributed by atoms with Gasteiger partial charge in [0.05, 0.1) is 6.10 Å². The van der Waals surface area contributed by atoms with Crippen molar-refractivity contribution in [2.45, 2.75) is 69.9 Å². The van der Waals surface area contributed by atoms with Crippen molar-refractivity contribution < 1.29 is 14.9 Å². The molecule has 4 heteroatoms. The molecule has 0 bridgehead atoms. The third-order valence-electron chi connectivity index (χ3n) is 6.50. The van der Waals surface area contributed by atoms with Gasteiger partial charge in [-0.2, -0.15) is 0 Å². The van der Waals surface area contributed by atoms with Crippen LogP contribution in [0.1, 0.15) is 62.5 Å². The molecule has 0 spiro atoms. The largest absolute Gasteiger partial charge is 0.507 e. The molecule has 3 atom stereocenters. The molecule has 4 nitrogen and oxygen atoms in total. The number of nitrogens with zero attached hydrogens (tertiary/aromatic N) is 1. The van der Waals surface area contributed by atoms with Crippen molar-refractivity contribution in [2.75, 3.05) is 18.1 Å². The molecule has 4 rings (SSSR count). The average molecular weight is 396 g/mol. The molecule has 2 heterocycles. The Labute approximate surface area is 174 Å². The van der Waals surface area contributed by atoms with Gasteiger partial charge < -0.3 is 19.8 Å². The third kappa shape index (κ3) is 4.53. The molecule has 0 unspecified atom stereocenters. The molecule has 2 aliphatic rings. The summed E-state index contributed by atoms with van der Waals surface area (Å²) in [5.41, 5.74) is 3.48. The van der Waals surface area contributed by atoms with Gasteiger partial charge in [-0.1, -0.05) is 30.3 Å². The van der Waals surface area contributed by atoms with Gasteiger partial charge in [0, 0.05) is 42.6 Å². The van der Waals surface area contributed by atoms with Crippen molar-refractivity contribution in [1.82, 2.24) is 0 Å². The molecule has 0 radical (unpaired) electrons. The molecule has 0 amide bonds. The number of benzene rings is 2. The van der Waals surface area contributed by atoms with Gasteiger partial charge >= 0.3 is 0 Å². The molecule has 2 aromatic carbocycles. The van der Waals surface area contributed by atoms with E-state index in [4.69, 9.17) is 4.74 Å². The van der Waals surface area contributed by atoms with Crippen LogP contribution in [0.4, 0.5) is 5.69 Å². The summed E-state index contributed by atoms with van der Waals surface area (Å²) in [6.07, 6.45) is 7.34. The van der Waals surface area contributed by atoms with E-state index >= 15 is 0 Å². The van der Waals surface area contributed by atoms with Gasteiger partial charge in [0.15, 0.2) is 0 Å².